The first kappa shape index (κ1) is 50.4. The fourth-order valence-electron chi connectivity index (χ4n) is 7.22. The fraction of sp³-hybridized carbons (Fsp3) is 0.933. The number of nitrogens with two attached hydrogens (primary N) is 1. The number of hydrogen-bond donors (Lipinski definition) is 3. The van der Waals surface area contributed by atoms with E-state index in [2.05, 4.69) is 19.2 Å². The van der Waals surface area contributed by atoms with Crippen molar-refractivity contribution in [2.45, 2.75) is 264 Å². The lowest BCUT2D eigenvalue weighted by Gasteiger charge is -2.18. The molecular weight excluding hydrogens is 649 g/mol. The second kappa shape index (κ2) is 40.6. The first-order chi connectivity index (χ1) is 25.4. The van der Waals surface area contributed by atoms with Crippen LogP contribution in [0.15, 0.2) is 0 Å². The van der Waals surface area contributed by atoms with Crippen LogP contribution in [-0.2, 0) is 19.1 Å². The molecule has 0 aliphatic heterocycles. The second-order valence-electron chi connectivity index (χ2n) is 15.8. The lowest BCUT2D eigenvalue weighted by Crippen LogP contribution is -2.40. The number of carboxylic acid groups (broad SMARTS) is 1. The molecule has 0 rings (SSSR count). The Morgan fingerprint density at radius 1 is 0.481 bits per heavy atom. The van der Waals surface area contributed by atoms with Gasteiger partial charge in [-0.25, -0.2) is 4.79 Å². The van der Waals surface area contributed by atoms with E-state index in [-0.39, 0.29) is 18.0 Å². The van der Waals surface area contributed by atoms with Gasteiger partial charge in [-0.15, -0.1) is 0 Å². The van der Waals surface area contributed by atoms with Crippen LogP contribution in [0.25, 0.3) is 0 Å². The van der Waals surface area contributed by atoms with Gasteiger partial charge in [0.2, 0.25) is 5.91 Å². The number of carbonyl (C=O) groups is 3. The van der Waals surface area contributed by atoms with Crippen LogP contribution in [0.3, 0.4) is 0 Å². The first-order valence-corrected chi connectivity index (χ1v) is 22.9. The van der Waals surface area contributed by atoms with Gasteiger partial charge < -0.3 is 20.9 Å². The minimum atomic E-state index is -1.00. The van der Waals surface area contributed by atoms with E-state index < -0.39 is 12.0 Å². The Kier molecular flexibility index (Phi) is 39.3. The molecule has 0 radical (unpaired) electrons. The molecular formula is C45H88N2O5. The predicted octanol–water partition coefficient (Wildman–Crippen LogP) is 12.9. The van der Waals surface area contributed by atoms with Gasteiger partial charge in [-0.1, -0.05) is 187 Å². The molecule has 0 aliphatic carbocycles. The van der Waals surface area contributed by atoms with E-state index in [4.69, 9.17) is 10.5 Å². The smallest absolute Gasteiger partial charge is 0.326 e. The minimum Gasteiger partial charge on any atom is -0.480 e. The summed E-state index contributed by atoms with van der Waals surface area (Å²) in [6.45, 7) is 4.95. The number of rotatable bonds is 42. The number of carboxylic acids is 1. The lowest BCUT2D eigenvalue weighted by molar-refractivity contribution is -0.150. The molecule has 7 nitrogen and oxygen atoms in total. The summed E-state index contributed by atoms with van der Waals surface area (Å²) in [6, 6.07) is -0.851. The molecule has 0 saturated heterocycles. The maximum absolute atomic E-state index is 12.8. The zero-order valence-electron chi connectivity index (χ0n) is 34.7. The molecule has 7 heteroatoms. The van der Waals surface area contributed by atoms with Gasteiger partial charge in [0, 0.05) is 12.8 Å². The third-order valence-electron chi connectivity index (χ3n) is 10.7. The molecule has 0 aromatic rings. The van der Waals surface area contributed by atoms with Gasteiger partial charge in [0.15, 0.2) is 0 Å². The van der Waals surface area contributed by atoms with Gasteiger partial charge in [0.25, 0.3) is 0 Å². The average Bonchev–Trinajstić information content (AvgIpc) is 3.13. The van der Waals surface area contributed by atoms with E-state index >= 15 is 0 Å². The average molecular weight is 737 g/mol. The molecule has 2 atom stereocenters. The Morgan fingerprint density at radius 3 is 1.19 bits per heavy atom. The van der Waals surface area contributed by atoms with Crippen LogP contribution in [-0.4, -0.2) is 41.6 Å². The Balaban J connectivity index is 4.04. The number of unbranched alkanes of at least 4 members (excludes halogenated alkanes) is 28. The molecule has 2 unspecified atom stereocenters. The molecule has 0 aromatic heterocycles. The fourth-order valence-corrected chi connectivity index (χ4v) is 7.22. The summed E-state index contributed by atoms with van der Waals surface area (Å²) in [4.78, 5) is 36.3. The zero-order valence-corrected chi connectivity index (χ0v) is 34.7. The summed E-state index contributed by atoms with van der Waals surface area (Å²) in [5, 5.41) is 11.9. The molecule has 0 spiro atoms. The lowest BCUT2D eigenvalue weighted by atomic mass is 10.0. The Hall–Kier alpha value is -1.63. The largest absolute Gasteiger partial charge is 0.480 e. The summed E-state index contributed by atoms with van der Waals surface area (Å²) in [5.41, 5.74) is 5.48. The number of esters is 1. The number of hydrogen-bond acceptors (Lipinski definition) is 5. The van der Waals surface area contributed by atoms with E-state index in [1.807, 2.05) is 0 Å². The van der Waals surface area contributed by atoms with Crippen LogP contribution in [0, 0.1) is 0 Å². The van der Waals surface area contributed by atoms with Crippen LogP contribution in [0.5, 0.6) is 0 Å². The highest BCUT2D eigenvalue weighted by Gasteiger charge is 2.19. The number of aliphatic carboxylic acids is 1. The minimum absolute atomic E-state index is 0.0166. The van der Waals surface area contributed by atoms with Gasteiger partial charge >= 0.3 is 11.9 Å². The van der Waals surface area contributed by atoms with Crippen molar-refractivity contribution in [2.24, 2.45) is 5.73 Å². The quantitative estimate of drug-likeness (QED) is 0.0424. The summed E-state index contributed by atoms with van der Waals surface area (Å²) in [7, 11) is 0. The first-order valence-electron chi connectivity index (χ1n) is 22.9. The second-order valence-corrected chi connectivity index (χ2v) is 15.8. The van der Waals surface area contributed by atoms with Crippen molar-refractivity contribution in [2.75, 3.05) is 6.54 Å². The monoisotopic (exact) mass is 737 g/mol. The SMILES string of the molecule is CCCCCCCCCCCCCCCCCCCCCC(=O)OC(CCCCCCCCC)CCCCCCCC(=O)NC(CCCN)C(=O)O. The van der Waals surface area contributed by atoms with Crippen LogP contribution in [0.2, 0.25) is 0 Å². The number of carbonyl (C=O) groups excluding carboxylic acids is 2. The van der Waals surface area contributed by atoms with Gasteiger partial charge in [0.1, 0.15) is 12.1 Å². The van der Waals surface area contributed by atoms with Crippen LogP contribution in [0.1, 0.15) is 251 Å². The highest BCUT2D eigenvalue weighted by Crippen LogP contribution is 2.19. The summed E-state index contributed by atoms with van der Waals surface area (Å²) >= 11 is 0. The highest BCUT2D eigenvalue weighted by atomic mass is 16.5. The molecule has 0 aromatic carbocycles. The van der Waals surface area contributed by atoms with Crippen molar-refractivity contribution in [1.29, 1.82) is 0 Å². The zero-order chi connectivity index (χ0) is 38.2. The van der Waals surface area contributed by atoms with Gasteiger partial charge in [-0.3, -0.25) is 9.59 Å². The number of nitrogens with one attached hydrogen (secondary N) is 1. The van der Waals surface area contributed by atoms with Gasteiger partial charge in [0.05, 0.1) is 0 Å². The van der Waals surface area contributed by atoms with Gasteiger partial charge in [-0.2, -0.15) is 0 Å². The predicted molar refractivity (Wildman–Crippen MR) is 221 cm³/mol. The molecule has 52 heavy (non-hydrogen) atoms. The maximum atomic E-state index is 12.8. The third kappa shape index (κ3) is 36.7. The van der Waals surface area contributed by atoms with Crippen molar-refractivity contribution >= 4 is 17.8 Å². The normalized spacial score (nSPS) is 12.5. The van der Waals surface area contributed by atoms with Crippen LogP contribution in [0.4, 0.5) is 0 Å². The number of ether oxygens (including phenoxy) is 1. The van der Waals surface area contributed by atoms with Crippen LogP contribution >= 0.6 is 0 Å². The number of amides is 1. The molecule has 0 bridgehead atoms. The van der Waals surface area contributed by atoms with E-state index in [0.717, 1.165) is 64.2 Å². The Labute approximate surface area is 322 Å². The van der Waals surface area contributed by atoms with Crippen molar-refractivity contribution in [3.05, 3.63) is 0 Å². The Bertz CT molecular complexity index is 792. The van der Waals surface area contributed by atoms with Crippen LogP contribution < -0.4 is 11.1 Å². The Morgan fingerprint density at radius 2 is 0.827 bits per heavy atom. The van der Waals surface area contributed by atoms with E-state index in [9.17, 15) is 19.5 Å². The molecule has 0 saturated carbocycles. The molecule has 0 heterocycles. The summed E-state index contributed by atoms with van der Waals surface area (Å²) < 4.78 is 6.03. The molecule has 308 valence electrons. The molecule has 1 amide bonds. The highest BCUT2D eigenvalue weighted by molar-refractivity contribution is 5.83. The third-order valence-corrected chi connectivity index (χ3v) is 10.7. The van der Waals surface area contributed by atoms with Crippen molar-refractivity contribution in [1.82, 2.24) is 5.32 Å². The van der Waals surface area contributed by atoms with Gasteiger partial charge in [-0.05, 0) is 57.9 Å². The van der Waals surface area contributed by atoms with E-state index in [1.165, 1.54) is 148 Å². The van der Waals surface area contributed by atoms with Crippen molar-refractivity contribution < 1.29 is 24.2 Å². The van der Waals surface area contributed by atoms with E-state index in [0.29, 0.717) is 32.2 Å². The molecule has 0 aliphatic rings. The van der Waals surface area contributed by atoms with E-state index in [1.54, 1.807) is 0 Å². The topological polar surface area (TPSA) is 119 Å². The molecule has 4 N–H and O–H groups in total. The molecule has 0 fully saturated rings. The maximum Gasteiger partial charge on any atom is 0.326 e. The standard InChI is InChI=1S/C45H88N2O5/c1-3-5-7-9-11-12-13-14-15-16-17-18-19-20-21-22-24-29-33-39-44(49)52-41(35-30-26-23-10-8-6-4-2)36-31-27-25-28-32-38-43(48)47-42(45(50)51)37-34-40-46/h41-42H,3-40,46H2,1-2H3,(H,47,48)(H,50,51). The van der Waals surface area contributed by atoms with Crippen molar-refractivity contribution in [3.8, 4) is 0 Å². The van der Waals surface area contributed by atoms with Crippen molar-refractivity contribution in [3.63, 3.8) is 0 Å². The summed E-state index contributed by atoms with van der Waals surface area (Å²) in [5.74, 6) is -1.22. The summed E-state index contributed by atoms with van der Waals surface area (Å²) in [6.07, 6.45) is 43.1.